The molecule has 1 atom stereocenters. The highest BCUT2D eigenvalue weighted by Gasteiger charge is 2.42. The third-order valence-electron chi connectivity index (χ3n) is 3.03. The van der Waals surface area contributed by atoms with Crippen LogP contribution in [-0.2, 0) is 5.54 Å². The summed E-state index contributed by atoms with van der Waals surface area (Å²) in [5.74, 6) is 0. The number of nitrogens with two attached hydrogens (primary N) is 2. The maximum absolute atomic E-state index is 12.8. The SMILES string of the molecule is NC1=C(C(F)(F)F)CC(N)(c2ccccc2)C=C1. The van der Waals surface area contributed by atoms with Crippen molar-refractivity contribution < 1.29 is 13.2 Å². The Labute approximate surface area is 103 Å². The van der Waals surface area contributed by atoms with E-state index in [2.05, 4.69) is 0 Å². The molecule has 0 fully saturated rings. The van der Waals surface area contributed by atoms with E-state index in [0.717, 1.165) is 0 Å². The summed E-state index contributed by atoms with van der Waals surface area (Å²) in [7, 11) is 0. The van der Waals surface area contributed by atoms with Gasteiger partial charge in [0.2, 0.25) is 0 Å². The first-order chi connectivity index (χ1) is 8.33. The average molecular weight is 254 g/mol. The molecule has 2 rings (SSSR count). The largest absolute Gasteiger partial charge is 0.414 e. The molecule has 1 aliphatic carbocycles. The predicted molar refractivity (Wildman–Crippen MR) is 63.3 cm³/mol. The fraction of sp³-hybridized carbons (Fsp3) is 0.231. The Kier molecular flexibility index (Phi) is 2.94. The molecule has 1 aromatic rings. The highest BCUT2D eigenvalue weighted by atomic mass is 19.4. The molecule has 0 spiro atoms. The van der Waals surface area contributed by atoms with Crippen LogP contribution in [0.4, 0.5) is 13.2 Å². The summed E-state index contributed by atoms with van der Waals surface area (Å²) >= 11 is 0. The van der Waals surface area contributed by atoms with E-state index in [1.165, 1.54) is 12.2 Å². The maximum atomic E-state index is 12.8. The number of hydrogen-bond donors (Lipinski definition) is 2. The molecule has 2 nitrogen and oxygen atoms in total. The van der Waals surface area contributed by atoms with Crippen LogP contribution in [0.1, 0.15) is 12.0 Å². The summed E-state index contributed by atoms with van der Waals surface area (Å²) in [6.45, 7) is 0. The molecule has 18 heavy (non-hydrogen) atoms. The van der Waals surface area contributed by atoms with Crippen molar-refractivity contribution in [1.29, 1.82) is 0 Å². The Hall–Kier alpha value is -1.75. The smallest absolute Gasteiger partial charge is 0.399 e. The molecule has 0 aliphatic heterocycles. The van der Waals surface area contributed by atoms with E-state index < -0.39 is 17.3 Å². The van der Waals surface area contributed by atoms with E-state index in [1.54, 1.807) is 30.3 Å². The number of halogens is 3. The first-order valence-electron chi connectivity index (χ1n) is 5.42. The summed E-state index contributed by atoms with van der Waals surface area (Å²) in [5.41, 5.74) is 9.88. The Bertz CT molecular complexity index is 503. The van der Waals surface area contributed by atoms with Gasteiger partial charge in [0, 0.05) is 12.1 Å². The molecular formula is C13H13F3N2. The van der Waals surface area contributed by atoms with Gasteiger partial charge in [-0.15, -0.1) is 0 Å². The van der Waals surface area contributed by atoms with Crippen LogP contribution in [-0.4, -0.2) is 6.18 Å². The van der Waals surface area contributed by atoms with Gasteiger partial charge >= 0.3 is 6.18 Å². The van der Waals surface area contributed by atoms with Crippen LogP contribution < -0.4 is 11.5 Å². The van der Waals surface area contributed by atoms with E-state index in [4.69, 9.17) is 11.5 Å². The van der Waals surface area contributed by atoms with Gasteiger partial charge in [0.25, 0.3) is 0 Å². The minimum absolute atomic E-state index is 0.264. The zero-order valence-electron chi connectivity index (χ0n) is 9.54. The predicted octanol–water partition coefficient (Wildman–Crippen LogP) is 2.58. The summed E-state index contributed by atoms with van der Waals surface area (Å²) in [4.78, 5) is 0. The second kappa shape index (κ2) is 4.17. The summed E-state index contributed by atoms with van der Waals surface area (Å²) in [6.07, 6.45) is -2.04. The fourth-order valence-corrected chi connectivity index (χ4v) is 2.00. The lowest BCUT2D eigenvalue weighted by Crippen LogP contribution is -2.39. The topological polar surface area (TPSA) is 52.0 Å². The van der Waals surface area contributed by atoms with E-state index in [-0.39, 0.29) is 12.1 Å². The van der Waals surface area contributed by atoms with Gasteiger partial charge < -0.3 is 11.5 Å². The number of benzene rings is 1. The van der Waals surface area contributed by atoms with Crippen LogP contribution in [0.15, 0.2) is 53.8 Å². The molecule has 4 N–H and O–H groups in total. The van der Waals surface area contributed by atoms with E-state index in [9.17, 15) is 13.2 Å². The molecule has 0 saturated heterocycles. The zero-order valence-corrected chi connectivity index (χ0v) is 9.54. The molecular weight excluding hydrogens is 241 g/mol. The number of allylic oxidation sites excluding steroid dienone is 1. The molecule has 1 aliphatic rings. The van der Waals surface area contributed by atoms with E-state index in [1.807, 2.05) is 0 Å². The highest BCUT2D eigenvalue weighted by Crippen LogP contribution is 2.39. The van der Waals surface area contributed by atoms with Crippen LogP contribution in [0.3, 0.4) is 0 Å². The van der Waals surface area contributed by atoms with Crippen LogP contribution in [0.25, 0.3) is 0 Å². The van der Waals surface area contributed by atoms with Crippen molar-refractivity contribution in [2.45, 2.75) is 18.1 Å². The minimum atomic E-state index is -4.45. The molecule has 0 heterocycles. The van der Waals surface area contributed by atoms with Crippen LogP contribution in [0.2, 0.25) is 0 Å². The fourth-order valence-electron chi connectivity index (χ4n) is 2.00. The zero-order chi connectivity index (χ0) is 13.4. The molecule has 1 unspecified atom stereocenters. The molecule has 0 saturated carbocycles. The van der Waals surface area contributed by atoms with Crippen molar-refractivity contribution in [3.63, 3.8) is 0 Å². The van der Waals surface area contributed by atoms with Crippen LogP contribution in [0, 0.1) is 0 Å². The van der Waals surface area contributed by atoms with Gasteiger partial charge in [-0.05, 0) is 11.6 Å². The highest BCUT2D eigenvalue weighted by molar-refractivity contribution is 5.41. The molecule has 0 radical (unpaired) electrons. The van der Waals surface area contributed by atoms with Gasteiger partial charge in [-0.2, -0.15) is 13.2 Å². The van der Waals surface area contributed by atoms with Gasteiger partial charge in [-0.1, -0.05) is 36.4 Å². The van der Waals surface area contributed by atoms with Gasteiger partial charge in [0.05, 0.1) is 11.1 Å². The standard InChI is InChI=1S/C13H13F3N2/c14-13(15,16)10-8-12(18,7-6-11(10)17)9-4-2-1-3-5-9/h1-7H,8,17-18H2. The van der Waals surface area contributed by atoms with Crippen LogP contribution >= 0.6 is 0 Å². The van der Waals surface area contributed by atoms with Gasteiger partial charge in [-0.25, -0.2) is 0 Å². The molecule has 5 heteroatoms. The second-order valence-electron chi connectivity index (χ2n) is 4.35. The number of hydrogen-bond acceptors (Lipinski definition) is 2. The Balaban J connectivity index is 2.40. The summed E-state index contributed by atoms with van der Waals surface area (Å²) in [5, 5.41) is 0. The molecule has 0 bridgehead atoms. The van der Waals surface area contributed by atoms with Gasteiger partial charge in [-0.3, -0.25) is 0 Å². The number of rotatable bonds is 1. The van der Waals surface area contributed by atoms with Gasteiger partial charge in [0.15, 0.2) is 0 Å². The first kappa shape index (κ1) is 12.7. The quantitative estimate of drug-likeness (QED) is 0.809. The third kappa shape index (κ3) is 2.26. The number of alkyl halides is 3. The molecule has 1 aromatic carbocycles. The summed E-state index contributed by atoms with van der Waals surface area (Å²) in [6, 6.07) is 8.69. The van der Waals surface area contributed by atoms with Crippen molar-refractivity contribution in [2.75, 3.05) is 0 Å². The van der Waals surface area contributed by atoms with Crippen molar-refractivity contribution in [3.8, 4) is 0 Å². The first-order valence-corrected chi connectivity index (χ1v) is 5.42. The van der Waals surface area contributed by atoms with Crippen molar-refractivity contribution >= 4 is 0 Å². The normalized spacial score (nSPS) is 24.4. The molecule has 0 aromatic heterocycles. The lowest BCUT2D eigenvalue weighted by molar-refractivity contribution is -0.0963. The summed E-state index contributed by atoms with van der Waals surface area (Å²) < 4.78 is 38.5. The van der Waals surface area contributed by atoms with Crippen LogP contribution in [0.5, 0.6) is 0 Å². The Morgan fingerprint density at radius 2 is 1.72 bits per heavy atom. The van der Waals surface area contributed by atoms with E-state index >= 15 is 0 Å². The molecule has 96 valence electrons. The van der Waals surface area contributed by atoms with Crippen molar-refractivity contribution in [1.82, 2.24) is 0 Å². The van der Waals surface area contributed by atoms with E-state index in [0.29, 0.717) is 5.56 Å². The maximum Gasteiger partial charge on any atom is 0.414 e. The lowest BCUT2D eigenvalue weighted by Gasteiger charge is -2.32. The average Bonchev–Trinajstić information content (AvgIpc) is 2.32. The molecule has 0 amide bonds. The lowest BCUT2D eigenvalue weighted by atomic mass is 9.80. The van der Waals surface area contributed by atoms with Crippen molar-refractivity contribution in [2.24, 2.45) is 11.5 Å². The minimum Gasteiger partial charge on any atom is -0.399 e. The Morgan fingerprint density at radius 3 is 2.28 bits per heavy atom. The third-order valence-corrected chi connectivity index (χ3v) is 3.03. The monoisotopic (exact) mass is 254 g/mol. The second-order valence-corrected chi connectivity index (χ2v) is 4.35. The van der Waals surface area contributed by atoms with Crippen molar-refractivity contribution in [3.05, 3.63) is 59.3 Å². The van der Waals surface area contributed by atoms with Gasteiger partial charge in [0.1, 0.15) is 0 Å². The Morgan fingerprint density at radius 1 is 1.11 bits per heavy atom.